The largest absolute Gasteiger partial charge is 0.391 e. The molecule has 0 amide bonds. The maximum atomic E-state index is 13.1. The summed E-state index contributed by atoms with van der Waals surface area (Å²) in [6.45, 7) is 5.67. The molecule has 1 rings (SSSR count). The molecule has 4 heteroatoms. The van der Waals surface area contributed by atoms with Crippen molar-refractivity contribution in [1.82, 2.24) is 0 Å². The first-order valence-electron chi connectivity index (χ1n) is 5.67. The standard InChI is InChI=1S/C13H20FNO.ClH/c1-4-8(2)13(16)12(15)10-5-6-11(14)9(3)7-10;/h5-8,12-13,16H,4,15H2,1-3H3;1H/t8?,12-,13+;/m0./s1. The van der Waals surface area contributed by atoms with E-state index >= 15 is 0 Å². The summed E-state index contributed by atoms with van der Waals surface area (Å²) in [7, 11) is 0. The van der Waals surface area contributed by atoms with Gasteiger partial charge < -0.3 is 10.8 Å². The van der Waals surface area contributed by atoms with Crippen LogP contribution >= 0.6 is 12.4 Å². The highest BCUT2D eigenvalue weighted by molar-refractivity contribution is 5.85. The molecule has 98 valence electrons. The second kappa shape index (κ2) is 6.94. The number of aliphatic hydroxyl groups is 1. The molecule has 1 aromatic carbocycles. The molecule has 0 aliphatic rings. The molecular weight excluding hydrogens is 241 g/mol. The molecular formula is C13H21ClFNO. The molecule has 0 heterocycles. The van der Waals surface area contributed by atoms with E-state index in [0.29, 0.717) is 5.56 Å². The summed E-state index contributed by atoms with van der Waals surface area (Å²) in [4.78, 5) is 0. The van der Waals surface area contributed by atoms with Crippen LogP contribution in [0.4, 0.5) is 4.39 Å². The zero-order valence-electron chi connectivity index (χ0n) is 10.5. The minimum atomic E-state index is -0.588. The van der Waals surface area contributed by atoms with Crippen molar-refractivity contribution in [2.24, 2.45) is 11.7 Å². The van der Waals surface area contributed by atoms with Crippen molar-refractivity contribution in [3.8, 4) is 0 Å². The van der Waals surface area contributed by atoms with Crippen LogP contribution in [0.3, 0.4) is 0 Å². The summed E-state index contributed by atoms with van der Waals surface area (Å²) < 4.78 is 13.1. The average molecular weight is 262 g/mol. The van der Waals surface area contributed by atoms with E-state index < -0.39 is 12.1 Å². The van der Waals surface area contributed by atoms with Gasteiger partial charge in [0.2, 0.25) is 0 Å². The van der Waals surface area contributed by atoms with E-state index in [2.05, 4.69) is 0 Å². The normalized spacial score (nSPS) is 15.9. The molecule has 0 bridgehead atoms. The highest BCUT2D eigenvalue weighted by atomic mass is 35.5. The number of aryl methyl sites for hydroxylation is 1. The highest BCUT2D eigenvalue weighted by Crippen LogP contribution is 2.23. The van der Waals surface area contributed by atoms with Gasteiger partial charge in [-0.1, -0.05) is 32.4 Å². The van der Waals surface area contributed by atoms with Gasteiger partial charge in [-0.25, -0.2) is 4.39 Å². The van der Waals surface area contributed by atoms with Crippen LogP contribution in [-0.2, 0) is 0 Å². The Hall–Kier alpha value is -0.640. The molecule has 17 heavy (non-hydrogen) atoms. The van der Waals surface area contributed by atoms with E-state index in [1.165, 1.54) is 6.07 Å². The van der Waals surface area contributed by atoms with Crippen molar-refractivity contribution in [2.45, 2.75) is 39.3 Å². The molecule has 0 aliphatic carbocycles. The molecule has 0 saturated heterocycles. The smallest absolute Gasteiger partial charge is 0.126 e. The Morgan fingerprint density at radius 1 is 1.41 bits per heavy atom. The Labute approximate surface area is 108 Å². The molecule has 2 nitrogen and oxygen atoms in total. The third kappa shape index (κ3) is 3.95. The average Bonchev–Trinajstić information content (AvgIpc) is 2.29. The van der Waals surface area contributed by atoms with Gasteiger partial charge in [0.15, 0.2) is 0 Å². The van der Waals surface area contributed by atoms with Gasteiger partial charge in [-0.05, 0) is 30.0 Å². The van der Waals surface area contributed by atoms with Crippen molar-refractivity contribution < 1.29 is 9.50 Å². The molecule has 0 aliphatic heterocycles. The van der Waals surface area contributed by atoms with E-state index in [0.717, 1.165) is 12.0 Å². The van der Waals surface area contributed by atoms with Crippen LogP contribution in [-0.4, -0.2) is 11.2 Å². The Morgan fingerprint density at radius 3 is 2.47 bits per heavy atom. The Kier molecular flexibility index (Phi) is 6.68. The van der Waals surface area contributed by atoms with Crippen LogP contribution in [0, 0.1) is 18.7 Å². The number of rotatable bonds is 4. The van der Waals surface area contributed by atoms with E-state index in [4.69, 9.17) is 5.73 Å². The molecule has 0 aromatic heterocycles. The monoisotopic (exact) mass is 261 g/mol. The number of halogens is 2. The number of nitrogens with two attached hydrogens (primary N) is 1. The Bertz CT molecular complexity index is 359. The Morgan fingerprint density at radius 2 is 2.00 bits per heavy atom. The van der Waals surface area contributed by atoms with E-state index in [1.807, 2.05) is 13.8 Å². The molecule has 1 unspecified atom stereocenters. The van der Waals surface area contributed by atoms with Crippen molar-refractivity contribution in [2.75, 3.05) is 0 Å². The molecule has 0 fully saturated rings. The summed E-state index contributed by atoms with van der Waals surface area (Å²) in [5.41, 5.74) is 7.31. The van der Waals surface area contributed by atoms with Gasteiger partial charge in [0.05, 0.1) is 12.1 Å². The number of aliphatic hydroxyl groups excluding tert-OH is 1. The van der Waals surface area contributed by atoms with Crippen molar-refractivity contribution in [3.63, 3.8) is 0 Å². The minimum absolute atomic E-state index is 0. The topological polar surface area (TPSA) is 46.2 Å². The zero-order chi connectivity index (χ0) is 12.3. The molecule has 0 spiro atoms. The van der Waals surface area contributed by atoms with Gasteiger partial charge in [-0.3, -0.25) is 0 Å². The molecule has 1 aromatic rings. The van der Waals surface area contributed by atoms with E-state index in [9.17, 15) is 9.50 Å². The van der Waals surface area contributed by atoms with Crippen molar-refractivity contribution in [1.29, 1.82) is 0 Å². The summed E-state index contributed by atoms with van der Waals surface area (Å²) in [6, 6.07) is 4.28. The molecule has 0 radical (unpaired) electrons. The lowest BCUT2D eigenvalue weighted by atomic mass is 9.91. The molecule has 0 saturated carbocycles. The highest BCUT2D eigenvalue weighted by Gasteiger charge is 2.22. The third-order valence-electron chi connectivity index (χ3n) is 3.16. The minimum Gasteiger partial charge on any atom is -0.391 e. The fourth-order valence-corrected chi connectivity index (χ4v) is 1.67. The van der Waals surface area contributed by atoms with Gasteiger partial charge >= 0.3 is 0 Å². The van der Waals surface area contributed by atoms with Gasteiger partial charge in [0.25, 0.3) is 0 Å². The summed E-state index contributed by atoms with van der Waals surface area (Å²) in [6.07, 6.45) is 0.282. The fraction of sp³-hybridized carbons (Fsp3) is 0.538. The lowest BCUT2D eigenvalue weighted by molar-refractivity contribution is 0.0879. The first-order chi connectivity index (χ1) is 7.47. The van der Waals surface area contributed by atoms with Crippen LogP contribution < -0.4 is 5.73 Å². The van der Waals surface area contributed by atoms with E-state index in [1.54, 1.807) is 19.1 Å². The lowest BCUT2D eigenvalue weighted by Gasteiger charge is -2.24. The summed E-state index contributed by atoms with van der Waals surface area (Å²) in [5, 5.41) is 9.98. The first-order valence-corrected chi connectivity index (χ1v) is 5.67. The second-order valence-corrected chi connectivity index (χ2v) is 4.41. The molecule has 3 atom stereocenters. The number of benzene rings is 1. The van der Waals surface area contributed by atoms with Crippen LogP contribution in [0.15, 0.2) is 18.2 Å². The SMILES string of the molecule is CCC(C)[C@@H](O)[C@@H](N)c1ccc(F)c(C)c1.Cl. The van der Waals surface area contributed by atoms with Gasteiger partial charge in [0, 0.05) is 0 Å². The zero-order valence-corrected chi connectivity index (χ0v) is 11.3. The van der Waals surface area contributed by atoms with Gasteiger partial charge in [-0.2, -0.15) is 0 Å². The maximum Gasteiger partial charge on any atom is 0.126 e. The number of hydrogen-bond acceptors (Lipinski definition) is 2. The van der Waals surface area contributed by atoms with Crippen molar-refractivity contribution in [3.05, 3.63) is 35.1 Å². The van der Waals surface area contributed by atoms with Gasteiger partial charge in [0.1, 0.15) is 5.82 Å². The summed E-state index contributed by atoms with van der Waals surface area (Å²) in [5.74, 6) is -0.102. The van der Waals surface area contributed by atoms with Crippen LogP contribution in [0.25, 0.3) is 0 Å². The lowest BCUT2D eigenvalue weighted by Crippen LogP contribution is -2.31. The molecule has 3 N–H and O–H groups in total. The maximum absolute atomic E-state index is 13.1. The fourth-order valence-electron chi connectivity index (χ4n) is 1.67. The first kappa shape index (κ1) is 16.4. The number of hydrogen-bond donors (Lipinski definition) is 2. The van der Waals surface area contributed by atoms with Gasteiger partial charge in [-0.15, -0.1) is 12.4 Å². The van der Waals surface area contributed by atoms with E-state index in [-0.39, 0.29) is 24.1 Å². The predicted octanol–water partition coefficient (Wildman–Crippen LogP) is 2.96. The Balaban J connectivity index is 0.00000256. The third-order valence-corrected chi connectivity index (χ3v) is 3.16. The quantitative estimate of drug-likeness (QED) is 0.875. The summed E-state index contributed by atoms with van der Waals surface area (Å²) >= 11 is 0. The second-order valence-electron chi connectivity index (χ2n) is 4.41. The predicted molar refractivity (Wildman–Crippen MR) is 70.8 cm³/mol. The van der Waals surface area contributed by atoms with Crippen molar-refractivity contribution >= 4 is 12.4 Å². The van der Waals surface area contributed by atoms with Crippen LogP contribution in [0.1, 0.15) is 37.4 Å². The van der Waals surface area contributed by atoms with Crippen LogP contribution in [0.2, 0.25) is 0 Å². The van der Waals surface area contributed by atoms with Crippen LogP contribution in [0.5, 0.6) is 0 Å².